The van der Waals surface area contributed by atoms with Crippen LogP contribution in [0.4, 0.5) is 0 Å². The topological polar surface area (TPSA) is 97.6 Å². The van der Waals surface area contributed by atoms with Crippen LogP contribution < -0.4 is 5.32 Å². The van der Waals surface area contributed by atoms with E-state index in [1.807, 2.05) is 41.5 Å². The maximum Gasteiger partial charge on any atom is 0.0803 e. The summed E-state index contributed by atoms with van der Waals surface area (Å²) in [6.07, 6.45) is 3.89. The molecule has 0 bridgehead atoms. The number of imide groups is 1. The van der Waals surface area contributed by atoms with Crippen LogP contribution in [-0.2, 0) is 47.1 Å². The van der Waals surface area contributed by atoms with Gasteiger partial charge in [-0.15, -0.1) is 0 Å². The van der Waals surface area contributed by atoms with Crippen LogP contribution in [0, 0.1) is 10.8 Å². The number of rotatable bonds is 2. The average Bonchev–Trinajstić information content (AvgIpc) is 2.67. The third kappa shape index (κ3) is 8.44. The maximum atomic E-state index is 10.3. The largest absolute Gasteiger partial charge is 0.589 e. The van der Waals surface area contributed by atoms with Crippen molar-refractivity contribution >= 4 is 18.2 Å². The molecule has 0 aromatic heterocycles. The van der Waals surface area contributed by atoms with Crippen molar-refractivity contribution in [3.63, 3.8) is 0 Å². The van der Waals surface area contributed by atoms with Gasteiger partial charge in [0.2, 0.25) is 0 Å². The Hall–Kier alpha value is -1.01. The van der Waals surface area contributed by atoms with Crippen molar-refractivity contribution in [3.05, 3.63) is 28.9 Å². The van der Waals surface area contributed by atoms with E-state index in [0.29, 0.717) is 5.70 Å². The summed E-state index contributed by atoms with van der Waals surface area (Å²) in [4.78, 5) is 30.3. The number of allylic oxidation sites excluding steroid dienone is 2. The molecule has 1 aliphatic heterocycles. The normalized spacial score (nSPS) is 15.0. The Bertz CT molecular complexity index is 467. The second-order valence-electron chi connectivity index (χ2n) is 6.57. The predicted octanol–water partition coefficient (Wildman–Crippen LogP) is 2.49. The molecule has 7 heteroatoms. The van der Waals surface area contributed by atoms with Crippen LogP contribution >= 0.6 is 0 Å². The zero-order valence-corrected chi connectivity index (χ0v) is 16.7. The first-order chi connectivity index (χ1) is 9.39. The molecule has 1 heterocycles. The summed E-state index contributed by atoms with van der Waals surface area (Å²) in [6.45, 7) is 11.4. The Morgan fingerprint density at radius 3 is 1.64 bits per heavy atom. The molecule has 0 saturated carbocycles. The smallest absolute Gasteiger partial charge is 0.0803 e. The van der Waals surface area contributed by atoms with Crippen molar-refractivity contribution in [1.82, 2.24) is 5.32 Å². The first-order valence-corrected chi connectivity index (χ1v) is 6.44. The van der Waals surface area contributed by atoms with Crippen molar-refractivity contribution in [2.24, 2.45) is 10.8 Å². The van der Waals surface area contributed by atoms with Crippen molar-refractivity contribution in [2.75, 3.05) is 0 Å². The Kier molecular flexibility index (Phi) is 9.73. The molecule has 1 radical (unpaired) electrons. The molecule has 22 heavy (non-hydrogen) atoms. The number of carbonyl (C=O) groups is 2. The first kappa shape index (κ1) is 23.3. The number of amides is 3. The van der Waals surface area contributed by atoms with Gasteiger partial charge in [0.25, 0.3) is 0 Å². The summed E-state index contributed by atoms with van der Waals surface area (Å²) >= 11 is 0. The van der Waals surface area contributed by atoms with Crippen molar-refractivity contribution in [2.45, 2.75) is 41.5 Å². The minimum Gasteiger partial charge on any atom is -0.589 e. The molecule has 0 aliphatic carbocycles. The van der Waals surface area contributed by atoms with Gasteiger partial charge in [-0.3, -0.25) is 0 Å². The quantitative estimate of drug-likeness (QED) is 0.331. The number of aliphatic hydroxyl groups excluding tert-OH is 1. The number of nitrogens with zero attached hydrogens (tertiary/aromatic N) is 1. The van der Waals surface area contributed by atoms with Gasteiger partial charge in [0.1, 0.15) is 0 Å². The molecule has 0 fully saturated rings. The van der Waals surface area contributed by atoms with E-state index in [1.54, 1.807) is 6.41 Å². The van der Waals surface area contributed by atoms with E-state index in [1.165, 1.54) is 0 Å². The maximum absolute atomic E-state index is 10.3. The second-order valence-corrected chi connectivity index (χ2v) is 6.57. The standard InChI is InChI=1S/C11H20NO2.C4H3NO2.Y/c1-10(2,3)8(12-7-13)9(14)11(4,5)6;6-3-1-2-4(7)5-3;/h14H,1-6H3,(H,12,13);1-2H,(H,5,6,7);/q-1;;/p-1. The number of hydrogen-bond acceptors (Lipinski definition) is 4. The summed E-state index contributed by atoms with van der Waals surface area (Å²) in [5.74, 6) is -0.705. The Balaban J connectivity index is 0. The van der Waals surface area contributed by atoms with Gasteiger partial charge in [-0.2, -0.15) is 0 Å². The van der Waals surface area contributed by atoms with Crippen molar-refractivity contribution in [3.8, 4) is 0 Å². The van der Waals surface area contributed by atoms with Crippen molar-refractivity contribution < 1.29 is 52.2 Å². The first-order valence-electron chi connectivity index (χ1n) is 6.44. The molecular weight excluding hydrogens is 361 g/mol. The number of hydrogen-bond donors (Lipinski definition) is 2. The van der Waals surface area contributed by atoms with Crippen LogP contribution in [0.5, 0.6) is 0 Å². The summed E-state index contributed by atoms with van der Waals surface area (Å²) in [5.41, 5.74) is -0.138. The molecule has 0 unspecified atom stereocenters. The second kappa shape index (κ2) is 9.20. The fourth-order valence-electron chi connectivity index (χ4n) is 1.35. The number of aliphatic hydroxyl groups is 1. The number of nitrogens with one attached hydrogen (secondary N) is 1. The van der Waals surface area contributed by atoms with Crippen LogP contribution in [0.1, 0.15) is 41.5 Å². The third-order valence-corrected chi connectivity index (χ3v) is 2.46. The van der Waals surface area contributed by atoms with Gasteiger partial charge in [0.05, 0.1) is 18.2 Å². The molecule has 2 N–H and O–H groups in total. The zero-order chi connectivity index (χ0) is 16.8. The van der Waals surface area contributed by atoms with E-state index in [-0.39, 0.29) is 49.3 Å². The monoisotopic (exact) mass is 383 g/mol. The molecule has 0 aromatic rings. The Morgan fingerprint density at radius 1 is 1.05 bits per heavy atom. The molecule has 1 rings (SSSR count). The SMILES string of the molecule is CC(C)(C)C(O)=C(N[C-]=O)C(C)(C)C.O=C1C=CC(=O)[N-]1.[Y]. The van der Waals surface area contributed by atoms with Crippen LogP contribution in [0.15, 0.2) is 23.6 Å². The number of carbonyl (C=O) groups excluding carboxylic acids is 3. The van der Waals surface area contributed by atoms with Gasteiger partial charge in [-0.1, -0.05) is 52.7 Å². The molecule has 6 nitrogen and oxygen atoms in total. The van der Waals surface area contributed by atoms with E-state index in [2.05, 4.69) is 10.6 Å². The fourth-order valence-corrected chi connectivity index (χ4v) is 1.35. The molecule has 3 amide bonds. The van der Waals surface area contributed by atoms with Crippen LogP contribution in [0.25, 0.3) is 5.32 Å². The Morgan fingerprint density at radius 2 is 1.45 bits per heavy atom. The molecular formula is C15H22N2O4Y-2. The van der Waals surface area contributed by atoms with E-state index in [4.69, 9.17) is 0 Å². The molecule has 0 saturated heterocycles. The molecule has 0 atom stereocenters. The third-order valence-electron chi connectivity index (χ3n) is 2.46. The van der Waals surface area contributed by atoms with Crippen LogP contribution in [0.3, 0.4) is 0 Å². The molecule has 121 valence electrons. The molecule has 0 spiro atoms. The average molecular weight is 383 g/mol. The summed E-state index contributed by atoms with van der Waals surface area (Å²) in [6, 6.07) is 0. The molecule has 1 aliphatic rings. The van der Waals surface area contributed by atoms with E-state index < -0.39 is 11.8 Å². The van der Waals surface area contributed by atoms with Gasteiger partial charge in [0.15, 0.2) is 0 Å². The predicted molar refractivity (Wildman–Crippen MR) is 79.9 cm³/mol. The molecule has 0 aromatic carbocycles. The van der Waals surface area contributed by atoms with Gasteiger partial charge in [0, 0.05) is 43.9 Å². The minimum absolute atomic E-state index is 0. The zero-order valence-electron chi connectivity index (χ0n) is 13.9. The summed E-state index contributed by atoms with van der Waals surface area (Å²) in [7, 11) is 0. The van der Waals surface area contributed by atoms with Gasteiger partial charge in [-0.25, -0.2) is 0 Å². The van der Waals surface area contributed by atoms with Gasteiger partial charge in [-0.05, 0) is 12.2 Å². The summed E-state index contributed by atoms with van der Waals surface area (Å²) < 4.78 is 0. The Labute approximate surface area is 156 Å². The van der Waals surface area contributed by atoms with Crippen molar-refractivity contribution in [1.29, 1.82) is 0 Å². The van der Waals surface area contributed by atoms with E-state index in [9.17, 15) is 19.5 Å². The van der Waals surface area contributed by atoms with Gasteiger partial charge >= 0.3 is 0 Å². The summed E-state index contributed by atoms with van der Waals surface area (Å²) in [5, 5.41) is 15.4. The van der Waals surface area contributed by atoms with Crippen LogP contribution in [0.2, 0.25) is 0 Å². The van der Waals surface area contributed by atoms with Crippen LogP contribution in [-0.4, -0.2) is 23.3 Å². The van der Waals surface area contributed by atoms with E-state index >= 15 is 0 Å². The van der Waals surface area contributed by atoms with E-state index in [0.717, 1.165) is 12.2 Å². The minimum atomic E-state index is -0.454. The fraction of sp³-hybridized carbons (Fsp3) is 0.533. The van der Waals surface area contributed by atoms with Gasteiger partial charge < -0.3 is 30.1 Å².